The van der Waals surface area contributed by atoms with Crippen molar-refractivity contribution in [3.63, 3.8) is 0 Å². The zero-order chi connectivity index (χ0) is 21.0. The van der Waals surface area contributed by atoms with E-state index in [0.29, 0.717) is 30.4 Å². The summed E-state index contributed by atoms with van der Waals surface area (Å²) in [5, 5.41) is 4.13. The normalized spacial score (nSPS) is 14.4. The zero-order valence-corrected chi connectivity index (χ0v) is 17.3. The van der Waals surface area contributed by atoms with Crippen molar-refractivity contribution >= 4 is 21.6 Å². The number of carbonyl (C=O) groups excluding carboxylic acids is 1. The summed E-state index contributed by atoms with van der Waals surface area (Å²) in [4.78, 5) is 12.5. The van der Waals surface area contributed by atoms with E-state index in [9.17, 15) is 13.2 Å². The predicted molar refractivity (Wildman–Crippen MR) is 109 cm³/mol. The second-order valence-corrected chi connectivity index (χ2v) is 8.82. The first-order valence-electron chi connectivity index (χ1n) is 9.06. The van der Waals surface area contributed by atoms with Crippen LogP contribution in [0.1, 0.15) is 29.3 Å². The number of amides is 1. The highest BCUT2D eigenvalue weighted by atomic mass is 32.2. The van der Waals surface area contributed by atoms with Gasteiger partial charge >= 0.3 is 0 Å². The molecule has 0 radical (unpaired) electrons. The first kappa shape index (κ1) is 20.8. The molecule has 2 aromatic rings. The summed E-state index contributed by atoms with van der Waals surface area (Å²) < 4.78 is 36.9. The van der Waals surface area contributed by atoms with Gasteiger partial charge in [-0.1, -0.05) is 6.07 Å². The molecule has 0 spiro atoms. The molecule has 1 aliphatic rings. The Morgan fingerprint density at radius 1 is 1.03 bits per heavy atom. The van der Waals surface area contributed by atoms with Crippen LogP contribution in [-0.2, 0) is 10.0 Å². The topological polar surface area (TPSA) is 97.3 Å². The van der Waals surface area contributed by atoms with E-state index in [2.05, 4.69) is 10.5 Å². The van der Waals surface area contributed by atoms with Crippen LogP contribution < -0.4 is 14.9 Å². The van der Waals surface area contributed by atoms with Crippen LogP contribution in [0.25, 0.3) is 0 Å². The number of hydrazone groups is 1. The minimum Gasteiger partial charge on any atom is -0.490 e. The van der Waals surface area contributed by atoms with Gasteiger partial charge in [0.2, 0.25) is 10.0 Å². The molecular weight excluding hydrogens is 394 g/mol. The minimum absolute atomic E-state index is 0.0405. The molecular formula is C20H23N3O5S. The quantitative estimate of drug-likeness (QED) is 0.594. The number of nitrogens with one attached hydrogen (secondary N) is 1. The van der Waals surface area contributed by atoms with Crippen LogP contribution in [0.2, 0.25) is 0 Å². The second-order valence-electron chi connectivity index (χ2n) is 6.67. The number of nitrogens with zero attached hydrogens (tertiary/aromatic N) is 2. The molecule has 0 aromatic heterocycles. The van der Waals surface area contributed by atoms with Gasteiger partial charge in [0.15, 0.2) is 11.5 Å². The Kier molecular flexibility index (Phi) is 6.19. The van der Waals surface area contributed by atoms with Gasteiger partial charge in [0.1, 0.15) is 0 Å². The molecule has 1 N–H and O–H groups in total. The van der Waals surface area contributed by atoms with Crippen molar-refractivity contribution in [3.8, 4) is 11.5 Å². The highest BCUT2D eigenvalue weighted by Gasteiger charge is 2.19. The number of carbonyl (C=O) groups is 1. The first-order valence-corrected chi connectivity index (χ1v) is 10.5. The fourth-order valence-electron chi connectivity index (χ4n) is 2.66. The van der Waals surface area contributed by atoms with E-state index in [4.69, 9.17) is 9.47 Å². The summed E-state index contributed by atoms with van der Waals surface area (Å²) in [7, 11) is -0.756. The fourth-order valence-corrected chi connectivity index (χ4v) is 3.61. The van der Waals surface area contributed by atoms with Crippen LogP contribution in [0.5, 0.6) is 11.5 Å². The Morgan fingerprint density at radius 3 is 2.48 bits per heavy atom. The molecule has 29 heavy (non-hydrogen) atoms. The molecule has 3 rings (SSSR count). The molecule has 9 heteroatoms. The summed E-state index contributed by atoms with van der Waals surface area (Å²) >= 11 is 0. The van der Waals surface area contributed by atoms with Gasteiger partial charge in [-0.25, -0.2) is 18.1 Å². The smallest absolute Gasteiger partial charge is 0.271 e. The van der Waals surface area contributed by atoms with Crippen LogP contribution >= 0.6 is 0 Å². The van der Waals surface area contributed by atoms with E-state index in [1.165, 1.54) is 38.4 Å². The van der Waals surface area contributed by atoms with Crippen molar-refractivity contribution < 1.29 is 22.7 Å². The van der Waals surface area contributed by atoms with Crippen molar-refractivity contribution in [3.05, 3.63) is 53.6 Å². The van der Waals surface area contributed by atoms with Crippen molar-refractivity contribution in [2.45, 2.75) is 18.2 Å². The van der Waals surface area contributed by atoms with Crippen LogP contribution in [0.3, 0.4) is 0 Å². The molecule has 0 aliphatic carbocycles. The molecule has 1 aliphatic heterocycles. The summed E-state index contributed by atoms with van der Waals surface area (Å²) in [6.07, 6.45) is 0.815. The van der Waals surface area contributed by atoms with Gasteiger partial charge in [-0.15, -0.1) is 0 Å². The lowest BCUT2D eigenvalue weighted by molar-refractivity contribution is 0.0954. The lowest BCUT2D eigenvalue weighted by atomic mass is 10.1. The minimum atomic E-state index is -3.63. The van der Waals surface area contributed by atoms with E-state index in [1.807, 2.05) is 18.2 Å². The van der Waals surface area contributed by atoms with E-state index in [0.717, 1.165) is 16.3 Å². The number of benzene rings is 2. The highest BCUT2D eigenvalue weighted by molar-refractivity contribution is 7.89. The molecule has 0 saturated heterocycles. The van der Waals surface area contributed by atoms with E-state index >= 15 is 0 Å². The molecule has 1 heterocycles. The van der Waals surface area contributed by atoms with Gasteiger partial charge in [0.25, 0.3) is 5.91 Å². The van der Waals surface area contributed by atoms with Crippen molar-refractivity contribution in [2.75, 3.05) is 27.3 Å². The number of hydrogen-bond acceptors (Lipinski definition) is 6. The number of fused-ring (bicyclic) bond motifs is 1. The third-order valence-corrected chi connectivity index (χ3v) is 6.18. The molecule has 0 saturated carbocycles. The van der Waals surface area contributed by atoms with Gasteiger partial charge < -0.3 is 9.47 Å². The number of sulfonamides is 1. The lowest BCUT2D eigenvalue weighted by Gasteiger charge is -2.12. The van der Waals surface area contributed by atoms with Gasteiger partial charge in [0, 0.05) is 31.6 Å². The van der Waals surface area contributed by atoms with Crippen LogP contribution in [0.15, 0.2) is 52.5 Å². The van der Waals surface area contributed by atoms with E-state index < -0.39 is 15.9 Å². The van der Waals surface area contributed by atoms with E-state index in [1.54, 1.807) is 6.92 Å². The third kappa shape index (κ3) is 4.75. The molecule has 0 fully saturated rings. The van der Waals surface area contributed by atoms with E-state index in [-0.39, 0.29) is 10.5 Å². The molecule has 8 nitrogen and oxygen atoms in total. The predicted octanol–water partition coefficient (Wildman–Crippen LogP) is 2.25. The van der Waals surface area contributed by atoms with Crippen LogP contribution in [0.4, 0.5) is 0 Å². The zero-order valence-electron chi connectivity index (χ0n) is 16.5. The molecule has 2 aromatic carbocycles. The Balaban J connectivity index is 1.76. The largest absolute Gasteiger partial charge is 0.490 e. The van der Waals surface area contributed by atoms with Crippen molar-refractivity contribution in [1.29, 1.82) is 0 Å². The Hall–Kier alpha value is -2.91. The SMILES string of the molecule is C/C(=N/NC(=O)c1cccc(S(=O)(=O)N(C)C)c1)c1ccc2c(c1)OCCCO2. The third-order valence-electron chi connectivity index (χ3n) is 4.37. The maximum atomic E-state index is 12.4. The summed E-state index contributed by atoms with van der Waals surface area (Å²) in [5.41, 5.74) is 4.01. The molecule has 1 amide bonds. The maximum absolute atomic E-state index is 12.4. The second kappa shape index (κ2) is 8.62. The maximum Gasteiger partial charge on any atom is 0.271 e. The number of hydrogen-bond donors (Lipinski definition) is 1. The van der Waals surface area contributed by atoms with Crippen LogP contribution in [0, 0.1) is 0 Å². The monoisotopic (exact) mass is 417 g/mol. The van der Waals surface area contributed by atoms with Gasteiger partial charge in [0.05, 0.1) is 23.8 Å². The lowest BCUT2D eigenvalue weighted by Crippen LogP contribution is -2.23. The van der Waals surface area contributed by atoms with Crippen molar-refractivity contribution in [1.82, 2.24) is 9.73 Å². The average molecular weight is 417 g/mol. The highest BCUT2D eigenvalue weighted by Crippen LogP contribution is 2.30. The Morgan fingerprint density at radius 2 is 1.76 bits per heavy atom. The summed E-state index contributed by atoms with van der Waals surface area (Å²) in [6, 6.07) is 11.3. The molecule has 154 valence electrons. The molecule has 0 atom stereocenters. The average Bonchev–Trinajstić information content (AvgIpc) is 2.96. The number of rotatable bonds is 5. The van der Waals surface area contributed by atoms with Gasteiger partial charge in [-0.3, -0.25) is 4.79 Å². The molecule has 0 unspecified atom stereocenters. The summed E-state index contributed by atoms with van der Waals surface area (Å²) in [6.45, 7) is 2.94. The standard InChI is InChI=1S/C20H23N3O5S/c1-14(15-8-9-18-19(13-15)28-11-5-10-27-18)21-22-20(24)16-6-4-7-17(12-16)29(25,26)23(2)3/h4,6-9,12-13H,5,10-11H2,1-3H3,(H,22,24)/b21-14-. The number of ether oxygens (including phenoxy) is 2. The van der Waals surface area contributed by atoms with Crippen LogP contribution in [-0.4, -0.2) is 51.7 Å². The van der Waals surface area contributed by atoms with Gasteiger partial charge in [-0.2, -0.15) is 5.10 Å². The molecule has 0 bridgehead atoms. The first-order chi connectivity index (χ1) is 13.8. The Bertz CT molecular complexity index is 1050. The Labute approximate surface area is 170 Å². The van der Waals surface area contributed by atoms with Gasteiger partial charge in [-0.05, 0) is 43.3 Å². The summed E-state index contributed by atoms with van der Waals surface area (Å²) in [5.74, 6) is 0.818. The van der Waals surface area contributed by atoms with Crippen molar-refractivity contribution in [2.24, 2.45) is 5.10 Å². The fraction of sp³-hybridized carbons (Fsp3) is 0.300.